The van der Waals surface area contributed by atoms with Gasteiger partial charge in [-0.15, -0.1) is 0 Å². The number of nitrogens with one attached hydrogen (secondary N) is 3. The van der Waals surface area contributed by atoms with Gasteiger partial charge in [-0.3, -0.25) is 4.79 Å². The molecular weight excluding hydrogens is 256 g/mol. The Morgan fingerprint density at radius 2 is 2.20 bits per heavy atom. The van der Waals surface area contributed by atoms with Crippen molar-refractivity contribution in [2.45, 2.75) is 0 Å². The topological polar surface area (TPSA) is 78.5 Å². The number of carbonyl (C=O) groups excluding carboxylic acids is 1. The zero-order valence-electron chi connectivity index (χ0n) is 11.1. The number of hydrogen-bond acceptors (Lipinski definition) is 4. The summed E-state index contributed by atoms with van der Waals surface area (Å²) in [5.41, 5.74) is 4.02. The van der Waals surface area contributed by atoms with Crippen LogP contribution < -0.4 is 15.5 Å². The molecule has 2 aromatic rings. The van der Waals surface area contributed by atoms with E-state index in [1.165, 1.54) is 0 Å². The molecule has 20 heavy (non-hydrogen) atoms. The number of ether oxygens (including phenoxy) is 1. The first-order valence-corrected chi connectivity index (χ1v) is 6.12. The number of hydrazone groups is 1. The number of nitrogens with zero attached hydrogens (tertiary/aromatic N) is 1. The summed E-state index contributed by atoms with van der Waals surface area (Å²) in [6, 6.07) is 11.1. The number of hydrogen-bond donors (Lipinski definition) is 3. The van der Waals surface area contributed by atoms with Crippen LogP contribution in [0.3, 0.4) is 0 Å². The molecule has 0 atom stereocenters. The maximum atomic E-state index is 11.6. The van der Waals surface area contributed by atoms with Crippen molar-refractivity contribution >= 4 is 17.8 Å². The Balaban J connectivity index is 1.80. The largest absolute Gasteiger partial charge is 0.495 e. The molecule has 0 fully saturated rings. The van der Waals surface area contributed by atoms with E-state index in [1.807, 2.05) is 36.4 Å². The number of H-pyrrole nitrogens is 1. The highest BCUT2D eigenvalue weighted by Crippen LogP contribution is 2.22. The molecule has 6 heteroatoms. The van der Waals surface area contributed by atoms with E-state index in [1.54, 1.807) is 19.5 Å². The summed E-state index contributed by atoms with van der Waals surface area (Å²) in [6.07, 6.45) is 3.33. The lowest BCUT2D eigenvalue weighted by Gasteiger charge is -2.09. The molecule has 0 spiro atoms. The number of amides is 1. The van der Waals surface area contributed by atoms with E-state index < -0.39 is 0 Å². The minimum atomic E-state index is -0.237. The fourth-order valence-electron chi connectivity index (χ4n) is 1.60. The van der Waals surface area contributed by atoms with E-state index >= 15 is 0 Å². The maximum absolute atomic E-state index is 11.6. The van der Waals surface area contributed by atoms with Gasteiger partial charge in [0, 0.05) is 6.20 Å². The molecule has 0 aliphatic rings. The first-order valence-electron chi connectivity index (χ1n) is 6.12. The average Bonchev–Trinajstić information content (AvgIpc) is 2.98. The van der Waals surface area contributed by atoms with Crippen molar-refractivity contribution in [2.24, 2.45) is 5.10 Å². The smallest absolute Gasteiger partial charge is 0.259 e. The zero-order chi connectivity index (χ0) is 14.2. The van der Waals surface area contributed by atoms with Gasteiger partial charge in [0.2, 0.25) is 0 Å². The second kappa shape index (κ2) is 6.98. The Kier molecular flexibility index (Phi) is 4.77. The summed E-state index contributed by atoms with van der Waals surface area (Å²) in [6.45, 7) is 0.114. The molecule has 2 rings (SSSR count). The third-order valence-corrected chi connectivity index (χ3v) is 2.56. The van der Waals surface area contributed by atoms with Gasteiger partial charge in [-0.25, -0.2) is 5.43 Å². The van der Waals surface area contributed by atoms with Crippen molar-refractivity contribution in [3.8, 4) is 5.75 Å². The highest BCUT2D eigenvalue weighted by Gasteiger charge is 2.03. The van der Waals surface area contributed by atoms with Gasteiger partial charge in [-0.05, 0) is 24.3 Å². The second-order valence-corrected chi connectivity index (χ2v) is 3.97. The Bertz CT molecular complexity index is 579. The highest BCUT2D eigenvalue weighted by molar-refractivity contribution is 5.83. The minimum Gasteiger partial charge on any atom is -0.495 e. The molecule has 0 aliphatic heterocycles. The molecular formula is C14H16N4O2. The molecule has 3 N–H and O–H groups in total. The third-order valence-electron chi connectivity index (χ3n) is 2.56. The maximum Gasteiger partial charge on any atom is 0.259 e. The van der Waals surface area contributed by atoms with Gasteiger partial charge in [0.15, 0.2) is 0 Å². The normalized spacial score (nSPS) is 10.4. The predicted molar refractivity (Wildman–Crippen MR) is 78.0 cm³/mol. The van der Waals surface area contributed by atoms with Crippen LogP contribution >= 0.6 is 0 Å². The number of aromatic amines is 1. The first-order chi connectivity index (χ1) is 9.79. The molecule has 1 heterocycles. The molecule has 1 aromatic heterocycles. The monoisotopic (exact) mass is 272 g/mol. The minimum absolute atomic E-state index is 0.114. The Morgan fingerprint density at radius 1 is 1.35 bits per heavy atom. The van der Waals surface area contributed by atoms with Gasteiger partial charge in [-0.1, -0.05) is 12.1 Å². The number of rotatable bonds is 6. The zero-order valence-corrected chi connectivity index (χ0v) is 11.1. The molecule has 0 bridgehead atoms. The van der Waals surface area contributed by atoms with E-state index in [9.17, 15) is 4.79 Å². The molecule has 0 aliphatic carbocycles. The van der Waals surface area contributed by atoms with Crippen LogP contribution in [0, 0.1) is 0 Å². The van der Waals surface area contributed by atoms with Crippen molar-refractivity contribution in [1.29, 1.82) is 0 Å². The fourth-order valence-corrected chi connectivity index (χ4v) is 1.60. The van der Waals surface area contributed by atoms with Crippen molar-refractivity contribution in [2.75, 3.05) is 19.0 Å². The molecule has 0 saturated carbocycles. The van der Waals surface area contributed by atoms with Crippen LogP contribution in [0.4, 0.5) is 5.69 Å². The quantitative estimate of drug-likeness (QED) is 0.552. The van der Waals surface area contributed by atoms with Crippen LogP contribution in [-0.4, -0.2) is 30.8 Å². The van der Waals surface area contributed by atoms with Crippen LogP contribution in [-0.2, 0) is 4.79 Å². The predicted octanol–water partition coefficient (Wildman–Crippen LogP) is 1.59. The summed E-state index contributed by atoms with van der Waals surface area (Å²) in [5.74, 6) is 0.453. The molecule has 0 radical (unpaired) electrons. The van der Waals surface area contributed by atoms with Gasteiger partial charge < -0.3 is 15.0 Å². The Morgan fingerprint density at radius 3 is 2.95 bits per heavy atom. The SMILES string of the molecule is COc1ccccc1NCC(=O)N/N=C\c1ccc[nH]1. The third kappa shape index (κ3) is 3.88. The number of aromatic nitrogens is 1. The van der Waals surface area contributed by atoms with E-state index in [-0.39, 0.29) is 12.5 Å². The highest BCUT2D eigenvalue weighted by atomic mass is 16.5. The Hall–Kier alpha value is -2.76. The average molecular weight is 272 g/mol. The lowest BCUT2D eigenvalue weighted by atomic mass is 10.3. The van der Waals surface area contributed by atoms with Gasteiger partial charge >= 0.3 is 0 Å². The van der Waals surface area contributed by atoms with Crippen LogP contribution in [0.25, 0.3) is 0 Å². The van der Waals surface area contributed by atoms with Crippen LogP contribution in [0.15, 0.2) is 47.7 Å². The van der Waals surface area contributed by atoms with Crippen molar-refractivity contribution < 1.29 is 9.53 Å². The molecule has 1 aromatic carbocycles. The standard InChI is InChI=1S/C14H16N4O2/c1-20-13-7-3-2-6-12(13)16-10-14(19)18-17-9-11-5-4-8-15-11/h2-9,15-16H,10H2,1H3,(H,18,19)/b17-9-. The molecule has 0 saturated heterocycles. The first kappa shape index (κ1) is 13.7. The number of methoxy groups -OCH3 is 1. The summed E-state index contributed by atoms with van der Waals surface area (Å²) >= 11 is 0. The van der Waals surface area contributed by atoms with E-state index in [4.69, 9.17) is 4.74 Å². The van der Waals surface area contributed by atoms with Crippen molar-refractivity contribution in [3.63, 3.8) is 0 Å². The van der Waals surface area contributed by atoms with E-state index in [2.05, 4.69) is 20.8 Å². The van der Waals surface area contributed by atoms with Crippen LogP contribution in [0.2, 0.25) is 0 Å². The number of carbonyl (C=O) groups is 1. The summed E-state index contributed by atoms with van der Waals surface area (Å²) in [5, 5.41) is 6.83. The molecule has 104 valence electrons. The summed E-state index contributed by atoms with van der Waals surface area (Å²) in [4.78, 5) is 14.6. The number of anilines is 1. The molecule has 0 unspecified atom stereocenters. The van der Waals surface area contributed by atoms with Gasteiger partial charge in [0.1, 0.15) is 5.75 Å². The van der Waals surface area contributed by atoms with Crippen molar-refractivity contribution in [1.82, 2.24) is 10.4 Å². The van der Waals surface area contributed by atoms with Crippen molar-refractivity contribution in [3.05, 3.63) is 48.3 Å². The van der Waals surface area contributed by atoms with E-state index in [0.29, 0.717) is 5.75 Å². The molecule has 6 nitrogen and oxygen atoms in total. The molecule has 1 amide bonds. The van der Waals surface area contributed by atoms with Gasteiger partial charge in [-0.2, -0.15) is 5.10 Å². The van der Waals surface area contributed by atoms with Crippen LogP contribution in [0.5, 0.6) is 5.75 Å². The van der Waals surface area contributed by atoms with Gasteiger partial charge in [0.05, 0.1) is 31.3 Å². The lowest BCUT2D eigenvalue weighted by molar-refractivity contribution is -0.119. The Labute approximate surface area is 116 Å². The summed E-state index contributed by atoms with van der Waals surface area (Å²) in [7, 11) is 1.58. The van der Waals surface area contributed by atoms with Crippen LogP contribution in [0.1, 0.15) is 5.69 Å². The second-order valence-electron chi connectivity index (χ2n) is 3.97. The van der Waals surface area contributed by atoms with E-state index in [0.717, 1.165) is 11.4 Å². The number of benzene rings is 1. The number of para-hydroxylation sites is 2. The lowest BCUT2D eigenvalue weighted by Crippen LogP contribution is -2.26. The van der Waals surface area contributed by atoms with Gasteiger partial charge in [0.25, 0.3) is 5.91 Å². The summed E-state index contributed by atoms with van der Waals surface area (Å²) < 4.78 is 5.18. The fraction of sp³-hybridized carbons (Fsp3) is 0.143.